The molecule has 1 N–H and O–H groups in total. The van der Waals surface area contributed by atoms with Crippen LogP contribution in [0.1, 0.15) is 35.2 Å². The molecule has 2 aromatic rings. The molecule has 1 nitrogen and oxygen atoms in total. The number of hydrogen-bond acceptors (Lipinski definition) is 1. The van der Waals surface area contributed by atoms with Gasteiger partial charge in [-0.1, -0.05) is 52.7 Å². The molecule has 0 amide bonds. The molecule has 0 saturated carbocycles. The first-order valence-electron chi connectivity index (χ1n) is 7.25. The number of benzene rings is 2. The molecule has 2 rings (SSSR count). The van der Waals surface area contributed by atoms with Crippen molar-refractivity contribution in [3.05, 3.63) is 68.1 Å². The van der Waals surface area contributed by atoms with Crippen LogP contribution in [0, 0.1) is 13.8 Å². The quantitative estimate of drug-likeness (QED) is 0.725. The Hall–Kier alpha value is -0.830. The summed E-state index contributed by atoms with van der Waals surface area (Å²) in [4.78, 5) is 0. The Balaban J connectivity index is 2.32. The van der Waals surface area contributed by atoms with Crippen molar-refractivity contribution in [2.75, 3.05) is 6.54 Å². The number of nitrogens with one attached hydrogen (secondary N) is 1. The fourth-order valence-electron chi connectivity index (χ4n) is 2.56. The summed E-state index contributed by atoms with van der Waals surface area (Å²) in [5.41, 5.74) is 5.00. The van der Waals surface area contributed by atoms with Crippen LogP contribution in [0.2, 0.25) is 5.02 Å². The lowest BCUT2D eigenvalue weighted by Gasteiger charge is -2.21. The van der Waals surface area contributed by atoms with E-state index >= 15 is 0 Å². The number of aryl methyl sites for hydroxylation is 2. The third-order valence-corrected chi connectivity index (χ3v) is 4.54. The summed E-state index contributed by atoms with van der Waals surface area (Å²) in [6.07, 6.45) is 0.893. The molecule has 0 aliphatic heterocycles. The van der Waals surface area contributed by atoms with Gasteiger partial charge in [0.2, 0.25) is 0 Å². The molecule has 0 aliphatic rings. The SMILES string of the molecule is CCNC(Cc1ccc(C)cc1Cl)c1cc(Br)ccc1C. The van der Waals surface area contributed by atoms with E-state index in [0.717, 1.165) is 22.5 Å². The van der Waals surface area contributed by atoms with E-state index in [2.05, 4.69) is 72.3 Å². The zero-order chi connectivity index (χ0) is 15.4. The lowest BCUT2D eigenvalue weighted by molar-refractivity contribution is 0.547. The third-order valence-electron chi connectivity index (χ3n) is 3.70. The van der Waals surface area contributed by atoms with Crippen molar-refractivity contribution in [2.24, 2.45) is 0 Å². The summed E-state index contributed by atoms with van der Waals surface area (Å²) in [6.45, 7) is 7.29. The molecule has 0 spiro atoms. The molecule has 0 radical (unpaired) electrons. The highest BCUT2D eigenvalue weighted by molar-refractivity contribution is 9.10. The second-order valence-electron chi connectivity index (χ2n) is 5.41. The van der Waals surface area contributed by atoms with Gasteiger partial charge in [0.05, 0.1) is 0 Å². The van der Waals surface area contributed by atoms with Crippen LogP contribution in [-0.4, -0.2) is 6.54 Å². The van der Waals surface area contributed by atoms with Crippen LogP contribution in [0.3, 0.4) is 0 Å². The van der Waals surface area contributed by atoms with Crippen LogP contribution in [0.5, 0.6) is 0 Å². The van der Waals surface area contributed by atoms with Crippen LogP contribution >= 0.6 is 27.5 Å². The van der Waals surface area contributed by atoms with Crippen LogP contribution in [0.4, 0.5) is 0 Å². The van der Waals surface area contributed by atoms with E-state index in [9.17, 15) is 0 Å². The van der Waals surface area contributed by atoms with E-state index in [4.69, 9.17) is 11.6 Å². The van der Waals surface area contributed by atoms with Crippen LogP contribution in [0.15, 0.2) is 40.9 Å². The molecule has 0 aromatic heterocycles. The molecule has 0 bridgehead atoms. The Bertz CT molecular complexity index is 625. The molecule has 0 saturated heterocycles. The van der Waals surface area contributed by atoms with Gasteiger partial charge in [0, 0.05) is 15.5 Å². The number of hydrogen-bond donors (Lipinski definition) is 1. The molecular formula is C18H21BrClN. The Morgan fingerprint density at radius 3 is 2.57 bits per heavy atom. The summed E-state index contributed by atoms with van der Waals surface area (Å²) in [6, 6.07) is 13.0. The molecule has 1 unspecified atom stereocenters. The van der Waals surface area contributed by atoms with Gasteiger partial charge < -0.3 is 5.32 Å². The van der Waals surface area contributed by atoms with E-state index in [1.807, 2.05) is 6.07 Å². The molecule has 21 heavy (non-hydrogen) atoms. The minimum absolute atomic E-state index is 0.271. The second kappa shape index (κ2) is 7.44. The van der Waals surface area contributed by atoms with Gasteiger partial charge in [0.1, 0.15) is 0 Å². The van der Waals surface area contributed by atoms with E-state index in [-0.39, 0.29) is 6.04 Å². The maximum Gasteiger partial charge on any atom is 0.0441 e. The molecule has 112 valence electrons. The van der Waals surface area contributed by atoms with Gasteiger partial charge in [-0.2, -0.15) is 0 Å². The highest BCUT2D eigenvalue weighted by Gasteiger charge is 2.15. The maximum atomic E-state index is 6.40. The maximum absolute atomic E-state index is 6.40. The number of likely N-dealkylation sites (N-methyl/N-ethyl adjacent to an activating group) is 1. The fourth-order valence-corrected chi connectivity index (χ4v) is 3.25. The second-order valence-corrected chi connectivity index (χ2v) is 6.73. The first-order chi connectivity index (χ1) is 10.0. The molecule has 2 aromatic carbocycles. The van der Waals surface area contributed by atoms with E-state index in [1.54, 1.807) is 0 Å². The predicted molar refractivity (Wildman–Crippen MR) is 95.2 cm³/mol. The van der Waals surface area contributed by atoms with Crippen LogP contribution in [-0.2, 0) is 6.42 Å². The van der Waals surface area contributed by atoms with Gasteiger partial charge in [0.25, 0.3) is 0 Å². The fraction of sp³-hybridized carbons (Fsp3) is 0.333. The van der Waals surface area contributed by atoms with Crippen molar-refractivity contribution >= 4 is 27.5 Å². The zero-order valence-corrected chi connectivity index (χ0v) is 15.1. The van der Waals surface area contributed by atoms with Gasteiger partial charge in [0.15, 0.2) is 0 Å². The minimum atomic E-state index is 0.271. The first kappa shape index (κ1) is 16.5. The van der Waals surface area contributed by atoms with Crippen LogP contribution in [0.25, 0.3) is 0 Å². The lowest BCUT2D eigenvalue weighted by atomic mass is 9.95. The Labute approximate surface area is 140 Å². The first-order valence-corrected chi connectivity index (χ1v) is 8.42. The van der Waals surface area contributed by atoms with Gasteiger partial charge in [-0.3, -0.25) is 0 Å². The predicted octanol–water partition coefficient (Wildman–Crippen LogP) is 5.61. The largest absolute Gasteiger partial charge is 0.310 e. The topological polar surface area (TPSA) is 12.0 Å². The van der Waals surface area contributed by atoms with Crippen molar-refractivity contribution in [2.45, 2.75) is 33.2 Å². The van der Waals surface area contributed by atoms with Crippen molar-refractivity contribution in [1.29, 1.82) is 0 Å². The Morgan fingerprint density at radius 1 is 1.14 bits per heavy atom. The molecule has 0 fully saturated rings. The van der Waals surface area contributed by atoms with Gasteiger partial charge in [-0.25, -0.2) is 0 Å². The zero-order valence-electron chi connectivity index (χ0n) is 12.7. The van der Waals surface area contributed by atoms with Crippen LogP contribution < -0.4 is 5.32 Å². The summed E-state index contributed by atoms with van der Waals surface area (Å²) >= 11 is 9.97. The highest BCUT2D eigenvalue weighted by Crippen LogP contribution is 2.28. The molecule has 0 aliphatic carbocycles. The summed E-state index contributed by atoms with van der Waals surface area (Å²) in [5, 5.41) is 4.43. The van der Waals surface area contributed by atoms with E-state index < -0.39 is 0 Å². The Kier molecular flexibility index (Phi) is 5.86. The summed E-state index contributed by atoms with van der Waals surface area (Å²) in [5.74, 6) is 0. The van der Waals surface area contributed by atoms with Crippen molar-refractivity contribution in [3.63, 3.8) is 0 Å². The monoisotopic (exact) mass is 365 g/mol. The summed E-state index contributed by atoms with van der Waals surface area (Å²) in [7, 11) is 0. The number of halogens is 2. The summed E-state index contributed by atoms with van der Waals surface area (Å²) < 4.78 is 1.11. The van der Waals surface area contributed by atoms with E-state index in [1.165, 1.54) is 22.3 Å². The van der Waals surface area contributed by atoms with E-state index in [0.29, 0.717) is 0 Å². The smallest absolute Gasteiger partial charge is 0.0441 e. The number of rotatable bonds is 5. The highest BCUT2D eigenvalue weighted by atomic mass is 79.9. The third kappa shape index (κ3) is 4.32. The van der Waals surface area contributed by atoms with Crippen molar-refractivity contribution < 1.29 is 0 Å². The minimum Gasteiger partial charge on any atom is -0.310 e. The molecule has 3 heteroatoms. The average Bonchev–Trinajstić information content (AvgIpc) is 2.44. The van der Waals surface area contributed by atoms with Gasteiger partial charge in [-0.05, 0) is 67.3 Å². The van der Waals surface area contributed by atoms with Crippen molar-refractivity contribution in [3.8, 4) is 0 Å². The standard InChI is InChI=1S/C18H21BrClN/c1-4-21-18(16-11-15(19)8-6-13(16)3)10-14-7-5-12(2)9-17(14)20/h5-9,11,18,21H,4,10H2,1-3H3. The Morgan fingerprint density at radius 2 is 1.90 bits per heavy atom. The van der Waals surface area contributed by atoms with Gasteiger partial charge in [-0.15, -0.1) is 0 Å². The lowest BCUT2D eigenvalue weighted by Crippen LogP contribution is -2.24. The molecule has 0 heterocycles. The van der Waals surface area contributed by atoms with Gasteiger partial charge >= 0.3 is 0 Å². The average molecular weight is 367 g/mol. The normalized spacial score (nSPS) is 12.4. The molecule has 1 atom stereocenters. The molecular weight excluding hydrogens is 346 g/mol. The van der Waals surface area contributed by atoms with Crippen molar-refractivity contribution in [1.82, 2.24) is 5.32 Å².